The lowest BCUT2D eigenvalue weighted by atomic mass is 10.1. The Hall–Kier alpha value is -3.88. The molecule has 0 heterocycles. The number of methoxy groups -OCH3 is 2. The number of hydrogen-bond acceptors (Lipinski definition) is 7. The molecule has 0 aliphatic heterocycles. The van der Waals surface area contributed by atoms with Crippen LogP contribution < -0.4 is 20.1 Å². The monoisotopic (exact) mass is 454 g/mol. The molecule has 2 N–H and O–H groups in total. The molecule has 2 unspecified atom stereocenters. The zero-order valence-electron chi connectivity index (χ0n) is 18.9. The summed E-state index contributed by atoms with van der Waals surface area (Å²) in [6.45, 7) is 2.83. The minimum Gasteiger partial charge on any atom is -0.493 e. The van der Waals surface area contributed by atoms with Crippen molar-refractivity contribution in [1.29, 1.82) is 0 Å². The van der Waals surface area contributed by atoms with E-state index in [0.29, 0.717) is 17.0 Å². The van der Waals surface area contributed by atoms with E-state index in [1.165, 1.54) is 39.3 Å². The third-order valence-electron chi connectivity index (χ3n) is 5.33. The smallest absolute Gasteiger partial charge is 0.340 e. The number of ketones is 1. The molecular weight excluding hydrogens is 428 g/mol. The third kappa shape index (κ3) is 5.88. The van der Waals surface area contributed by atoms with Gasteiger partial charge in [0.2, 0.25) is 5.91 Å². The van der Waals surface area contributed by atoms with Gasteiger partial charge in [0.1, 0.15) is 0 Å². The Morgan fingerprint density at radius 2 is 1.67 bits per heavy atom. The van der Waals surface area contributed by atoms with Gasteiger partial charge in [-0.25, -0.2) is 4.79 Å². The van der Waals surface area contributed by atoms with Gasteiger partial charge in [-0.05, 0) is 31.4 Å². The summed E-state index contributed by atoms with van der Waals surface area (Å²) in [5.74, 6) is -0.967. The Bertz CT molecular complexity index is 1100. The molecule has 1 fully saturated rings. The fraction of sp³-hybridized carbons (Fsp3) is 0.333. The van der Waals surface area contributed by atoms with Gasteiger partial charge in [-0.1, -0.05) is 19.1 Å². The van der Waals surface area contributed by atoms with Crippen LogP contribution in [0.3, 0.4) is 0 Å². The van der Waals surface area contributed by atoms with E-state index in [9.17, 15) is 19.2 Å². The minimum absolute atomic E-state index is 0.0284. The molecule has 0 bridgehead atoms. The van der Waals surface area contributed by atoms with Crippen molar-refractivity contribution in [3.05, 3.63) is 47.5 Å². The van der Waals surface area contributed by atoms with Crippen molar-refractivity contribution in [2.24, 2.45) is 11.8 Å². The zero-order valence-corrected chi connectivity index (χ0v) is 18.9. The number of carbonyl (C=O) groups excluding carboxylic acids is 4. The van der Waals surface area contributed by atoms with E-state index in [4.69, 9.17) is 14.2 Å². The van der Waals surface area contributed by atoms with E-state index in [1.807, 2.05) is 6.92 Å². The normalized spacial score (nSPS) is 16.4. The average Bonchev–Trinajstić information content (AvgIpc) is 3.54. The summed E-state index contributed by atoms with van der Waals surface area (Å²) >= 11 is 0. The van der Waals surface area contributed by atoms with E-state index in [1.54, 1.807) is 18.2 Å². The molecule has 0 spiro atoms. The van der Waals surface area contributed by atoms with Gasteiger partial charge < -0.3 is 24.8 Å². The Morgan fingerprint density at radius 1 is 1.00 bits per heavy atom. The second-order valence-corrected chi connectivity index (χ2v) is 7.82. The van der Waals surface area contributed by atoms with E-state index < -0.39 is 18.5 Å². The summed E-state index contributed by atoms with van der Waals surface area (Å²) in [7, 11) is 2.86. The molecule has 33 heavy (non-hydrogen) atoms. The lowest BCUT2D eigenvalue weighted by Gasteiger charge is -2.15. The lowest BCUT2D eigenvalue weighted by Crippen LogP contribution is -2.22. The molecule has 3 rings (SSSR count). The number of Topliss-reactive ketones (excluding diaryl/α,β-unsaturated/α-hetero) is 1. The number of carbonyl (C=O) groups is 4. The number of hydrogen-bond donors (Lipinski definition) is 2. The van der Waals surface area contributed by atoms with Gasteiger partial charge in [0.05, 0.1) is 25.5 Å². The first kappa shape index (κ1) is 23.8. The molecule has 2 amide bonds. The van der Waals surface area contributed by atoms with Crippen molar-refractivity contribution in [3.8, 4) is 11.5 Å². The molecule has 0 saturated heterocycles. The van der Waals surface area contributed by atoms with Gasteiger partial charge in [-0.2, -0.15) is 0 Å². The van der Waals surface area contributed by atoms with Crippen LogP contribution in [0, 0.1) is 11.8 Å². The number of nitrogens with one attached hydrogen (secondary N) is 2. The Morgan fingerprint density at radius 3 is 2.27 bits per heavy atom. The summed E-state index contributed by atoms with van der Waals surface area (Å²) in [5.41, 5.74) is 1.08. The molecule has 1 aliphatic carbocycles. The number of amides is 2. The topological polar surface area (TPSA) is 120 Å². The maximum absolute atomic E-state index is 12.8. The fourth-order valence-electron chi connectivity index (χ4n) is 3.29. The quantitative estimate of drug-likeness (QED) is 0.441. The van der Waals surface area contributed by atoms with Gasteiger partial charge in [-0.3, -0.25) is 14.4 Å². The predicted octanol–water partition coefficient (Wildman–Crippen LogP) is 3.30. The molecule has 0 aromatic heterocycles. The van der Waals surface area contributed by atoms with Gasteiger partial charge in [-0.15, -0.1) is 0 Å². The number of benzene rings is 2. The van der Waals surface area contributed by atoms with Crippen molar-refractivity contribution in [1.82, 2.24) is 0 Å². The maximum Gasteiger partial charge on any atom is 0.340 e. The van der Waals surface area contributed by atoms with Crippen molar-refractivity contribution in [3.63, 3.8) is 0 Å². The second-order valence-electron chi connectivity index (χ2n) is 7.82. The average molecular weight is 454 g/mol. The first-order valence-electron chi connectivity index (χ1n) is 10.4. The summed E-state index contributed by atoms with van der Waals surface area (Å²) < 4.78 is 15.7. The summed E-state index contributed by atoms with van der Waals surface area (Å²) in [6.07, 6.45) is 0.782. The third-order valence-corrected chi connectivity index (χ3v) is 5.33. The van der Waals surface area contributed by atoms with Gasteiger partial charge >= 0.3 is 5.97 Å². The number of ether oxygens (including phenoxy) is 3. The van der Waals surface area contributed by atoms with Gasteiger partial charge in [0.15, 0.2) is 23.9 Å². The highest BCUT2D eigenvalue weighted by Gasteiger charge is 2.39. The van der Waals surface area contributed by atoms with Crippen molar-refractivity contribution >= 4 is 34.9 Å². The molecule has 9 heteroatoms. The lowest BCUT2D eigenvalue weighted by molar-refractivity contribution is -0.119. The molecule has 2 atom stereocenters. The van der Waals surface area contributed by atoms with Crippen molar-refractivity contribution in [2.45, 2.75) is 20.3 Å². The summed E-state index contributed by atoms with van der Waals surface area (Å²) in [6, 6.07) is 9.29. The van der Waals surface area contributed by atoms with E-state index in [2.05, 4.69) is 10.6 Å². The predicted molar refractivity (Wildman–Crippen MR) is 121 cm³/mol. The van der Waals surface area contributed by atoms with Crippen LogP contribution in [0.1, 0.15) is 41.0 Å². The molecule has 9 nitrogen and oxygen atoms in total. The summed E-state index contributed by atoms with van der Waals surface area (Å²) in [4.78, 5) is 49.0. The highest BCUT2D eigenvalue weighted by molar-refractivity contribution is 6.04. The van der Waals surface area contributed by atoms with Crippen LogP contribution in [0.15, 0.2) is 36.4 Å². The van der Waals surface area contributed by atoms with Crippen LogP contribution in [0.2, 0.25) is 0 Å². The SMILES string of the molecule is COc1cc(NC(=O)C2CC2C)c(C(=O)OCC(=O)Nc2cccc(C(C)=O)c2)cc1OC. The Balaban J connectivity index is 1.72. The highest BCUT2D eigenvalue weighted by atomic mass is 16.5. The first-order valence-corrected chi connectivity index (χ1v) is 10.4. The largest absolute Gasteiger partial charge is 0.493 e. The first-order chi connectivity index (χ1) is 15.7. The molecule has 1 aliphatic rings. The minimum atomic E-state index is -0.817. The Labute approximate surface area is 191 Å². The summed E-state index contributed by atoms with van der Waals surface area (Å²) in [5, 5.41) is 5.32. The Kier molecular flexibility index (Phi) is 7.32. The fourth-order valence-corrected chi connectivity index (χ4v) is 3.29. The van der Waals surface area contributed by atoms with Gasteiger partial charge in [0, 0.05) is 29.3 Å². The maximum atomic E-state index is 12.8. The van der Waals surface area contributed by atoms with E-state index in [-0.39, 0.29) is 40.5 Å². The second kappa shape index (κ2) is 10.2. The molecule has 0 radical (unpaired) electrons. The number of esters is 1. The molecule has 2 aromatic carbocycles. The zero-order chi connectivity index (χ0) is 24.1. The van der Waals surface area contributed by atoms with Crippen LogP contribution in [-0.4, -0.2) is 44.4 Å². The van der Waals surface area contributed by atoms with Crippen LogP contribution in [0.25, 0.3) is 0 Å². The van der Waals surface area contributed by atoms with Crippen molar-refractivity contribution < 1.29 is 33.4 Å². The molecule has 2 aromatic rings. The standard InChI is InChI=1S/C24H26N2O7/c1-13-8-17(13)23(29)26-19-11-21(32-4)20(31-3)10-18(19)24(30)33-12-22(28)25-16-7-5-6-15(9-16)14(2)27/h5-7,9-11,13,17H,8,12H2,1-4H3,(H,25,28)(H,26,29). The van der Waals surface area contributed by atoms with E-state index in [0.717, 1.165) is 6.42 Å². The van der Waals surface area contributed by atoms with E-state index >= 15 is 0 Å². The molecular formula is C24H26N2O7. The van der Waals surface area contributed by atoms with Crippen LogP contribution in [-0.2, 0) is 14.3 Å². The van der Waals surface area contributed by atoms with Crippen molar-refractivity contribution in [2.75, 3.05) is 31.5 Å². The molecule has 1 saturated carbocycles. The highest BCUT2D eigenvalue weighted by Crippen LogP contribution is 2.40. The van der Waals surface area contributed by atoms with Gasteiger partial charge in [0.25, 0.3) is 5.91 Å². The number of anilines is 2. The molecule has 174 valence electrons. The van der Waals surface area contributed by atoms with Crippen LogP contribution >= 0.6 is 0 Å². The number of rotatable bonds is 9. The van der Waals surface area contributed by atoms with Crippen LogP contribution in [0.4, 0.5) is 11.4 Å². The van der Waals surface area contributed by atoms with Crippen LogP contribution in [0.5, 0.6) is 11.5 Å².